The van der Waals surface area contributed by atoms with Gasteiger partial charge < -0.3 is 9.84 Å². The van der Waals surface area contributed by atoms with Crippen LogP contribution in [0.2, 0.25) is 0 Å². The summed E-state index contributed by atoms with van der Waals surface area (Å²) in [6, 6.07) is 14.4. The molecule has 18 heavy (non-hydrogen) atoms. The zero-order chi connectivity index (χ0) is 12.8. The molecule has 0 spiro atoms. The molecule has 1 saturated carbocycles. The van der Waals surface area contributed by atoms with Crippen molar-refractivity contribution >= 4 is 10.8 Å². The van der Waals surface area contributed by atoms with Crippen molar-refractivity contribution in [1.82, 2.24) is 0 Å². The van der Waals surface area contributed by atoms with Gasteiger partial charge in [-0.1, -0.05) is 44.2 Å². The van der Waals surface area contributed by atoms with E-state index in [-0.39, 0.29) is 17.6 Å². The molecule has 0 heterocycles. The lowest BCUT2D eigenvalue weighted by Crippen LogP contribution is -2.56. The second-order valence-electron chi connectivity index (χ2n) is 5.69. The van der Waals surface area contributed by atoms with Gasteiger partial charge in [0.15, 0.2) is 0 Å². The first kappa shape index (κ1) is 11.5. The van der Waals surface area contributed by atoms with E-state index in [9.17, 15) is 5.11 Å². The summed E-state index contributed by atoms with van der Waals surface area (Å²) in [5.74, 6) is 0.888. The average molecular weight is 242 g/mol. The highest BCUT2D eigenvalue weighted by Crippen LogP contribution is 2.43. The van der Waals surface area contributed by atoms with E-state index in [0.29, 0.717) is 0 Å². The number of rotatable bonds is 2. The topological polar surface area (TPSA) is 29.5 Å². The van der Waals surface area contributed by atoms with Crippen molar-refractivity contribution in [1.29, 1.82) is 0 Å². The van der Waals surface area contributed by atoms with Gasteiger partial charge in [0.1, 0.15) is 11.9 Å². The summed E-state index contributed by atoms with van der Waals surface area (Å²) in [7, 11) is 0. The summed E-state index contributed by atoms with van der Waals surface area (Å²) in [4.78, 5) is 0. The molecule has 3 rings (SSSR count). The van der Waals surface area contributed by atoms with Crippen LogP contribution in [0.4, 0.5) is 0 Å². The molecule has 2 atom stereocenters. The molecule has 0 aliphatic heterocycles. The van der Waals surface area contributed by atoms with Crippen LogP contribution in [0, 0.1) is 5.41 Å². The van der Waals surface area contributed by atoms with Crippen LogP contribution in [0.3, 0.4) is 0 Å². The van der Waals surface area contributed by atoms with Crippen LogP contribution in [-0.4, -0.2) is 17.3 Å². The van der Waals surface area contributed by atoms with E-state index in [4.69, 9.17) is 4.74 Å². The van der Waals surface area contributed by atoms with Crippen molar-refractivity contribution in [3.8, 4) is 5.75 Å². The zero-order valence-electron chi connectivity index (χ0n) is 10.8. The van der Waals surface area contributed by atoms with E-state index in [0.717, 1.165) is 12.2 Å². The molecule has 2 aromatic carbocycles. The van der Waals surface area contributed by atoms with Crippen molar-refractivity contribution in [2.24, 2.45) is 5.41 Å². The Balaban J connectivity index is 1.83. The highest BCUT2D eigenvalue weighted by atomic mass is 16.5. The second kappa shape index (κ2) is 3.99. The highest BCUT2D eigenvalue weighted by Gasteiger charge is 2.49. The SMILES string of the molecule is CC1(C)C(O)CC1Oc1ccc2ccccc2c1. The summed E-state index contributed by atoms with van der Waals surface area (Å²) in [5.41, 5.74) is -0.147. The van der Waals surface area contributed by atoms with Gasteiger partial charge in [-0.2, -0.15) is 0 Å². The van der Waals surface area contributed by atoms with Crippen molar-refractivity contribution < 1.29 is 9.84 Å². The molecule has 0 aromatic heterocycles. The Hall–Kier alpha value is -1.54. The third kappa shape index (κ3) is 1.77. The average Bonchev–Trinajstić information content (AvgIpc) is 2.38. The minimum Gasteiger partial charge on any atom is -0.490 e. The van der Waals surface area contributed by atoms with Gasteiger partial charge in [-0.05, 0) is 22.9 Å². The van der Waals surface area contributed by atoms with Crippen LogP contribution in [0.1, 0.15) is 20.3 Å². The first-order chi connectivity index (χ1) is 8.57. The lowest BCUT2D eigenvalue weighted by molar-refractivity contribution is -0.134. The summed E-state index contributed by atoms with van der Waals surface area (Å²) in [6.07, 6.45) is 0.580. The largest absolute Gasteiger partial charge is 0.490 e. The molecule has 1 N–H and O–H groups in total. The molecular weight excluding hydrogens is 224 g/mol. The fraction of sp³-hybridized carbons (Fsp3) is 0.375. The molecule has 0 saturated heterocycles. The molecule has 0 amide bonds. The first-order valence-electron chi connectivity index (χ1n) is 6.41. The molecule has 0 bridgehead atoms. The number of fused-ring (bicyclic) bond motifs is 1. The van der Waals surface area contributed by atoms with Gasteiger partial charge in [-0.3, -0.25) is 0 Å². The van der Waals surface area contributed by atoms with Gasteiger partial charge in [-0.25, -0.2) is 0 Å². The molecule has 2 heteroatoms. The van der Waals surface area contributed by atoms with Crippen molar-refractivity contribution in [3.05, 3.63) is 42.5 Å². The first-order valence-corrected chi connectivity index (χ1v) is 6.41. The Morgan fingerprint density at radius 1 is 1.11 bits per heavy atom. The number of ether oxygens (including phenoxy) is 1. The lowest BCUT2D eigenvalue weighted by Gasteiger charge is -2.48. The number of aliphatic hydroxyl groups is 1. The molecule has 1 fully saturated rings. The summed E-state index contributed by atoms with van der Waals surface area (Å²) < 4.78 is 5.98. The van der Waals surface area contributed by atoms with Gasteiger partial charge >= 0.3 is 0 Å². The Bertz CT molecular complexity index is 574. The van der Waals surface area contributed by atoms with Gasteiger partial charge in [-0.15, -0.1) is 0 Å². The molecule has 0 radical (unpaired) electrons. The lowest BCUT2D eigenvalue weighted by atomic mass is 9.66. The van der Waals surface area contributed by atoms with E-state index >= 15 is 0 Å². The molecule has 1 aliphatic rings. The van der Waals surface area contributed by atoms with Gasteiger partial charge in [0.25, 0.3) is 0 Å². The highest BCUT2D eigenvalue weighted by molar-refractivity contribution is 5.83. The van der Waals surface area contributed by atoms with Gasteiger partial charge in [0, 0.05) is 11.8 Å². The zero-order valence-corrected chi connectivity index (χ0v) is 10.8. The van der Waals surface area contributed by atoms with Crippen LogP contribution in [-0.2, 0) is 0 Å². The van der Waals surface area contributed by atoms with Crippen molar-refractivity contribution in [2.45, 2.75) is 32.5 Å². The second-order valence-corrected chi connectivity index (χ2v) is 5.69. The van der Waals surface area contributed by atoms with Crippen LogP contribution in [0.5, 0.6) is 5.75 Å². The molecular formula is C16H18O2. The van der Waals surface area contributed by atoms with Crippen LogP contribution in [0.25, 0.3) is 10.8 Å². The monoisotopic (exact) mass is 242 g/mol. The van der Waals surface area contributed by atoms with Crippen LogP contribution in [0.15, 0.2) is 42.5 Å². The predicted molar refractivity (Wildman–Crippen MR) is 72.8 cm³/mol. The predicted octanol–water partition coefficient (Wildman–Crippen LogP) is 3.38. The summed E-state index contributed by atoms with van der Waals surface area (Å²) in [5, 5.41) is 12.1. The van der Waals surface area contributed by atoms with Gasteiger partial charge in [0.2, 0.25) is 0 Å². The van der Waals surface area contributed by atoms with E-state index in [1.807, 2.05) is 32.0 Å². The normalized spacial score (nSPS) is 25.7. The van der Waals surface area contributed by atoms with E-state index in [2.05, 4.69) is 24.3 Å². The smallest absolute Gasteiger partial charge is 0.120 e. The van der Waals surface area contributed by atoms with Crippen molar-refractivity contribution in [2.75, 3.05) is 0 Å². The van der Waals surface area contributed by atoms with Gasteiger partial charge in [0.05, 0.1) is 6.10 Å². The molecule has 2 nitrogen and oxygen atoms in total. The number of hydrogen-bond acceptors (Lipinski definition) is 2. The molecule has 2 unspecified atom stereocenters. The minimum absolute atomic E-state index is 0.105. The molecule has 1 aliphatic carbocycles. The van der Waals surface area contributed by atoms with Crippen LogP contribution < -0.4 is 4.74 Å². The number of benzene rings is 2. The number of hydrogen-bond donors (Lipinski definition) is 1. The fourth-order valence-corrected chi connectivity index (χ4v) is 2.47. The van der Waals surface area contributed by atoms with Crippen LogP contribution >= 0.6 is 0 Å². The Morgan fingerprint density at radius 2 is 1.83 bits per heavy atom. The Morgan fingerprint density at radius 3 is 2.50 bits per heavy atom. The number of aliphatic hydroxyl groups excluding tert-OH is 1. The van der Waals surface area contributed by atoms with E-state index in [1.165, 1.54) is 10.8 Å². The maximum absolute atomic E-state index is 9.72. The fourth-order valence-electron chi connectivity index (χ4n) is 2.47. The summed E-state index contributed by atoms with van der Waals surface area (Å²) in [6.45, 7) is 4.10. The standard InChI is InChI=1S/C16H18O2/c1-16(2)14(17)10-15(16)18-13-8-7-11-5-3-4-6-12(11)9-13/h3-9,14-15,17H,10H2,1-2H3. The molecule has 94 valence electrons. The molecule has 2 aromatic rings. The third-order valence-electron chi connectivity index (χ3n) is 4.13. The Labute approximate surface area is 107 Å². The quantitative estimate of drug-likeness (QED) is 0.874. The Kier molecular flexibility index (Phi) is 2.56. The third-order valence-corrected chi connectivity index (χ3v) is 4.13. The van der Waals surface area contributed by atoms with E-state index < -0.39 is 0 Å². The van der Waals surface area contributed by atoms with E-state index in [1.54, 1.807) is 0 Å². The maximum atomic E-state index is 9.72. The maximum Gasteiger partial charge on any atom is 0.120 e. The van der Waals surface area contributed by atoms with Crippen molar-refractivity contribution in [3.63, 3.8) is 0 Å². The summed E-state index contributed by atoms with van der Waals surface area (Å²) >= 11 is 0. The minimum atomic E-state index is -0.247.